The van der Waals surface area contributed by atoms with Gasteiger partial charge in [0.05, 0.1) is 5.41 Å². The van der Waals surface area contributed by atoms with Gasteiger partial charge in [-0.3, -0.25) is 0 Å². The van der Waals surface area contributed by atoms with Crippen molar-refractivity contribution < 1.29 is 0 Å². The van der Waals surface area contributed by atoms with Gasteiger partial charge in [0.15, 0.2) is 0 Å². The Morgan fingerprint density at radius 2 is 0.966 bits per heavy atom. The Morgan fingerprint density at radius 1 is 0.552 bits per heavy atom. The van der Waals surface area contributed by atoms with Gasteiger partial charge in [0.25, 0.3) is 0 Å². The largest absolute Gasteiger partial charge is 0.399 e. The van der Waals surface area contributed by atoms with Crippen molar-refractivity contribution in [1.29, 1.82) is 0 Å². The van der Waals surface area contributed by atoms with Crippen molar-refractivity contribution in [2.75, 3.05) is 5.73 Å². The Labute approximate surface area is 173 Å². The summed E-state index contributed by atoms with van der Waals surface area (Å²) in [5, 5.41) is 0. The average Bonchev–Trinajstić information content (AvgIpc) is 3.08. The molecule has 4 aromatic rings. The van der Waals surface area contributed by atoms with Crippen LogP contribution in [-0.4, -0.2) is 0 Å². The van der Waals surface area contributed by atoms with Gasteiger partial charge in [-0.05, 0) is 52.4 Å². The molecule has 0 aromatic heterocycles. The zero-order valence-corrected chi connectivity index (χ0v) is 17.3. The Morgan fingerprint density at radius 3 is 1.45 bits per heavy atom. The van der Waals surface area contributed by atoms with Gasteiger partial charge < -0.3 is 5.73 Å². The quantitative estimate of drug-likeness (QED) is 0.330. The molecule has 0 spiro atoms. The van der Waals surface area contributed by atoms with Gasteiger partial charge in [0, 0.05) is 5.69 Å². The number of aryl methyl sites for hydroxylation is 1. The minimum absolute atomic E-state index is 0.325. The highest BCUT2D eigenvalue weighted by Crippen LogP contribution is 2.55. The molecule has 0 unspecified atom stereocenters. The molecule has 0 amide bonds. The minimum Gasteiger partial charge on any atom is -0.399 e. The van der Waals surface area contributed by atoms with Crippen LogP contribution in [0.2, 0.25) is 0 Å². The molecular formula is C28H27N. The summed E-state index contributed by atoms with van der Waals surface area (Å²) >= 11 is 0. The van der Waals surface area contributed by atoms with Gasteiger partial charge in [0.2, 0.25) is 0 Å². The molecule has 29 heavy (non-hydrogen) atoms. The number of fused-ring (bicyclic) bond motifs is 3. The maximum absolute atomic E-state index is 6.02. The summed E-state index contributed by atoms with van der Waals surface area (Å²) in [5.74, 6) is 0. The molecule has 1 nitrogen and oxygen atoms in total. The van der Waals surface area contributed by atoms with E-state index in [0.29, 0.717) is 0 Å². The third-order valence-corrected chi connectivity index (χ3v) is 5.78. The first-order valence-corrected chi connectivity index (χ1v) is 10.3. The molecule has 0 aliphatic heterocycles. The predicted octanol–water partition coefficient (Wildman–Crippen LogP) is 6.97. The van der Waals surface area contributed by atoms with E-state index in [4.69, 9.17) is 5.73 Å². The number of hydrogen-bond donors (Lipinski definition) is 1. The second-order valence-corrected chi connectivity index (χ2v) is 7.33. The van der Waals surface area contributed by atoms with E-state index in [2.05, 4.69) is 91.9 Å². The smallest absolute Gasteiger partial charge is 0.0713 e. The van der Waals surface area contributed by atoms with E-state index in [1.807, 2.05) is 26.0 Å². The van der Waals surface area contributed by atoms with E-state index < -0.39 is 0 Å². The number of anilines is 1. The summed E-state index contributed by atoms with van der Waals surface area (Å²) in [5.41, 5.74) is 15.6. The summed E-state index contributed by atoms with van der Waals surface area (Å²) in [6, 6.07) is 34.9. The van der Waals surface area contributed by atoms with Crippen LogP contribution in [0.15, 0.2) is 97.1 Å². The maximum atomic E-state index is 6.02. The van der Waals surface area contributed by atoms with Crippen LogP contribution in [0.5, 0.6) is 0 Å². The van der Waals surface area contributed by atoms with Crippen LogP contribution in [0.1, 0.15) is 41.7 Å². The topological polar surface area (TPSA) is 26.0 Å². The third kappa shape index (κ3) is 2.86. The molecule has 0 radical (unpaired) electrons. The molecule has 1 heteroatoms. The summed E-state index contributed by atoms with van der Waals surface area (Å²) in [6.07, 6.45) is 0. The Balaban J connectivity index is 0.000000994. The first kappa shape index (κ1) is 19.0. The van der Waals surface area contributed by atoms with Gasteiger partial charge >= 0.3 is 0 Å². The number of nitrogens with two attached hydrogens (primary N) is 1. The van der Waals surface area contributed by atoms with Gasteiger partial charge in [-0.2, -0.15) is 0 Å². The monoisotopic (exact) mass is 377 g/mol. The summed E-state index contributed by atoms with van der Waals surface area (Å²) < 4.78 is 0. The van der Waals surface area contributed by atoms with E-state index >= 15 is 0 Å². The van der Waals surface area contributed by atoms with Crippen LogP contribution in [-0.2, 0) is 5.41 Å². The third-order valence-electron chi connectivity index (χ3n) is 5.78. The Hall–Kier alpha value is -3.32. The van der Waals surface area contributed by atoms with Crippen molar-refractivity contribution in [3.05, 3.63) is 125 Å². The van der Waals surface area contributed by atoms with Gasteiger partial charge in [-0.15, -0.1) is 0 Å². The molecule has 0 saturated heterocycles. The highest BCUT2D eigenvalue weighted by molar-refractivity contribution is 5.86. The average molecular weight is 378 g/mol. The summed E-state index contributed by atoms with van der Waals surface area (Å²) in [7, 11) is 0. The van der Waals surface area contributed by atoms with Crippen LogP contribution < -0.4 is 5.73 Å². The lowest BCUT2D eigenvalue weighted by atomic mass is 9.67. The minimum atomic E-state index is -0.325. The lowest BCUT2D eigenvalue weighted by molar-refractivity contribution is 0.768. The molecule has 0 heterocycles. The van der Waals surface area contributed by atoms with E-state index in [0.717, 1.165) is 5.69 Å². The lowest BCUT2D eigenvalue weighted by Gasteiger charge is -2.34. The molecule has 2 N–H and O–H groups in total. The normalized spacial score (nSPS) is 13.1. The number of hydrogen-bond acceptors (Lipinski definition) is 1. The molecule has 1 aliphatic rings. The van der Waals surface area contributed by atoms with Gasteiger partial charge in [0.1, 0.15) is 0 Å². The number of rotatable bonds is 2. The fraction of sp³-hybridized carbons (Fsp3) is 0.143. The van der Waals surface area contributed by atoms with Crippen LogP contribution in [0.3, 0.4) is 0 Å². The fourth-order valence-electron chi connectivity index (χ4n) is 4.56. The molecule has 5 rings (SSSR count). The van der Waals surface area contributed by atoms with Gasteiger partial charge in [-0.25, -0.2) is 0 Å². The highest BCUT2D eigenvalue weighted by Gasteiger charge is 2.45. The fourth-order valence-corrected chi connectivity index (χ4v) is 4.56. The molecule has 0 saturated carbocycles. The lowest BCUT2D eigenvalue weighted by Crippen LogP contribution is -2.28. The SMILES string of the molecule is CC.Cc1ccc(C2(c3ccc(N)cc3)c3ccccc3-c3ccccc32)cc1. The van der Waals surface area contributed by atoms with E-state index in [1.165, 1.54) is 38.9 Å². The highest BCUT2D eigenvalue weighted by atomic mass is 14.5. The zero-order chi connectivity index (χ0) is 20.4. The zero-order valence-electron chi connectivity index (χ0n) is 17.3. The first-order valence-electron chi connectivity index (χ1n) is 10.3. The molecule has 0 fully saturated rings. The molecular weight excluding hydrogens is 350 g/mol. The van der Waals surface area contributed by atoms with Crippen molar-refractivity contribution in [2.45, 2.75) is 26.2 Å². The maximum Gasteiger partial charge on any atom is 0.0713 e. The molecule has 4 aromatic carbocycles. The second-order valence-electron chi connectivity index (χ2n) is 7.33. The number of benzene rings is 4. The molecule has 144 valence electrons. The van der Waals surface area contributed by atoms with Crippen LogP contribution >= 0.6 is 0 Å². The predicted molar refractivity (Wildman–Crippen MR) is 124 cm³/mol. The standard InChI is InChI=1S/C26H21N.C2H6/c1-18-10-12-19(13-11-18)26(20-14-16-21(27)17-15-20)24-8-4-2-6-22(24)23-7-3-5-9-25(23)26;1-2/h2-17H,27H2,1H3;1-2H3. The van der Waals surface area contributed by atoms with Crippen molar-refractivity contribution in [3.63, 3.8) is 0 Å². The summed E-state index contributed by atoms with van der Waals surface area (Å²) in [6.45, 7) is 6.14. The summed E-state index contributed by atoms with van der Waals surface area (Å²) in [4.78, 5) is 0. The van der Waals surface area contributed by atoms with Crippen LogP contribution in [0, 0.1) is 6.92 Å². The Bertz CT molecular complexity index is 1030. The van der Waals surface area contributed by atoms with Crippen LogP contribution in [0.25, 0.3) is 11.1 Å². The van der Waals surface area contributed by atoms with Crippen molar-refractivity contribution in [1.82, 2.24) is 0 Å². The van der Waals surface area contributed by atoms with Crippen molar-refractivity contribution >= 4 is 5.69 Å². The van der Waals surface area contributed by atoms with Gasteiger partial charge in [-0.1, -0.05) is 104 Å². The first-order chi connectivity index (χ1) is 14.2. The van der Waals surface area contributed by atoms with E-state index in [9.17, 15) is 0 Å². The second kappa shape index (κ2) is 7.60. The molecule has 0 atom stereocenters. The van der Waals surface area contributed by atoms with E-state index in [1.54, 1.807) is 0 Å². The molecule has 1 aliphatic carbocycles. The van der Waals surface area contributed by atoms with Crippen LogP contribution in [0.4, 0.5) is 5.69 Å². The van der Waals surface area contributed by atoms with Crippen molar-refractivity contribution in [3.8, 4) is 11.1 Å². The van der Waals surface area contributed by atoms with E-state index in [-0.39, 0.29) is 5.41 Å². The van der Waals surface area contributed by atoms with Crippen molar-refractivity contribution in [2.24, 2.45) is 0 Å². The molecule has 0 bridgehead atoms. The Kier molecular flexibility index (Phi) is 4.98. The number of nitrogen functional groups attached to an aromatic ring is 1.